The Morgan fingerprint density at radius 2 is 1.94 bits per heavy atom. The number of hydrogen-bond acceptors (Lipinski definition) is 3. The van der Waals surface area contributed by atoms with Gasteiger partial charge in [0.15, 0.2) is 6.04 Å². The standard InChI is InChI=1S/C12H15N3O2/c16-10-6-5-9(14-15-10)12(17)13-11(7-1-2-7)8-3-4-8/h5-9,11H,1-4H2,(H,13,17). The summed E-state index contributed by atoms with van der Waals surface area (Å²) in [4.78, 5) is 22.8. The minimum absolute atomic E-state index is 0.124. The summed E-state index contributed by atoms with van der Waals surface area (Å²) < 4.78 is 0. The molecule has 0 aromatic carbocycles. The summed E-state index contributed by atoms with van der Waals surface area (Å²) in [5.74, 6) is 0.812. The molecule has 3 aliphatic rings. The van der Waals surface area contributed by atoms with E-state index in [0.29, 0.717) is 17.9 Å². The summed E-state index contributed by atoms with van der Waals surface area (Å²) >= 11 is 0. The van der Waals surface area contributed by atoms with Gasteiger partial charge in [-0.2, -0.15) is 5.11 Å². The van der Waals surface area contributed by atoms with E-state index in [1.165, 1.54) is 37.8 Å². The van der Waals surface area contributed by atoms with E-state index >= 15 is 0 Å². The molecular formula is C12H15N3O2. The summed E-state index contributed by atoms with van der Waals surface area (Å²) in [6, 6.07) is -0.295. The largest absolute Gasteiger partial charge is 0.351 e. The maximum atomic E-state index is 12.0. The van der Waals surface area contributed by atoms with Crippen LogP contribution in [0.25, 0.3) is 0 Å². The number of rotatable bonds is 4. The number of carbonyl (C=O) groups excluding carboxylic acids is 2. The third-order valence-corrected chi connectivity index (χ3v) is 3.54. The highest BCUT2D eigenvalue weighted by atomic mass is 16.2. The second-order valence-electron chi connectivity index (χ2n) is 5.07. The number of nitrogens with one attached hydrogen (secondary N) is 1. The van der Waals surface area contributed by atoms with Crippen LogP contribution in [0.3, 0.4) is 0 Å². The first kappa shape index (κ1) is 10.6. The predicted molar refractivity (Wildman–Crippen MR) is 60.2 cm³/mol. The first-order chi connectivity index (χ1) is 8.24. The highest BCUT2D eigenvalue weighted by Crippen LogP contribution is 2.44. The lowest BCUT2D eigenvalue weighted by atomic mass is 10.1. The Kier molecular flexibility index (Phi) is 2.53. The van der Waals surface area contributed by atoms with Crippen LogP contribution in [-0.4, -0.2) is 23.9 Å². The van der Waals surface area contributed by atoms with Crippen LogP contribution in [0.4, 0.5) is 0 Å². The Morgan fingerprint density at radius 1 is 1.29 bits per heavy atom. The fraction of sp³-hybridized carbons (Fsp3) is 0.667. The first-order valence-electron chi connectivity index (χ1n) is 6.17. The van der Waals surface area contributed by atoms with Gasteiger partial charge in [-0.15, -0.1) is 5.11 Å². The Balaban J connectivity index is 1.60. The molecule has 2 aliphatic carbocycles. The smallest absolute Gasteiger partial charge is 0.287 e. The summed E-state index contributed by atoms with van der Waals surface area (Å²) in [6.45, 7) is 0. The van der Waals surface area contributed by atoms with Crippen molar-refractivity contribution in [2.45, 2.75) is 37.8 Å². The third kappa shape index (κ3) is 2.43. The molecule has 1 atom stereocenters. The predicted octanol–water partition coefficient (Wildman–Crippen LogP) is 1.21. The summed E-state index contributed by atoms with van der Waals surface area (Å²) in [5.41, 5.74) is 0. The summed E-state index contributed by atoms with van der Waals surface area (Å²) in [5, 5.41) is 10.2. The van der Waals surface area contributed by atoms with Gasteiger partial charge in [-0.25, -0.2) is 0 Å². The van der Waals surface area contributed by atoms with Crippen LogP contribution in [0.15, 0.2) is 22.4 Å². The van der Waals surface area contributed by atoms with Gasteiger partial charge in [-0.1, -0.05) is 0 Å². The summed E-state index contributed by atoms with van der Waals surface area (Å²) in [7, 11) is 0. The molecule has 0 aromatic rings. The lowest BCUT2D eigenvalue weighted by Gasteiger charge is -2.19. The number of hydrogen-bond donors (Lipinski definition) is 1. The van der Waals surface area contributed by atoms with E-state index in [9.17, 15) is 9.59 Å². The average Bonchev–Trinajstić information content (AvgIpc) is 3.17. The molecule has 0 spiro atoms. The van der Waals surface area contributed by atoms with Crippen LogP contribution >= 0.6 is 0 Å². The van der Waals surface area contributed by atoms with Crippen LogP contribution in [0.5, 0.6) is 0 Å². The van der Waals surface area contributed by atoms with Gasteiger partial charge in [0, 0.05) is 12.1 Å². The number of carbonyl (C=O) groups is 2. The molecule has 0 aromatic heterocycles. The Hall–Kier alpha value is -1.52. The van der Waals surface area contributed by atoms with E-state index in [-0.39, 0.29) is 5.91 Å². The molecular weight excluding hydrogens is 218 g/mol. The van der Waals surface area contributed by atoms with Crippen molar-refractivity contribution in [3.8, 4) is 0 Å². The van der Waals surface area contributed by atoms with Gasteiger partial charge in [0.2, 0.25) is 0 Å². The second-order valence-corrected chi connectivity index (χ2v) is 5.07. The molecule has 90 valence electrons. The number of azo groups is 1. The van der Waals surface area contributed by atoms with E-state index in [0.717, 1.165) is 0 Å². The van der Waals surface area contributed by atoms with Crippen molar-refractivity contribution >= 4 is 11.8 Å². The molecule has 1 N–H and O–H groups in total. The lowest BCUT2D eigenvalue weighted by molar-refractivity contribution is -0.122. The number of nitrogens with zero attached hydrogens (tertiary/aromatic N) is 2. The molecule has 5 nitrogen and oxygen atoms in total. The van der Waals surface area contributed by atoms with Gasteiger partial charge >= 0.3 is 0 Å². The van der Waals surface area contributed by atoms with Crippen molar-refractivity contribution in [1.29, 1.82) is 0 Å². The normalized spacial score (nSPS) is 27.6. The van der Waals surface area contributed by atoms with Crippen molar-refractivity contribution < 1.29 is 9.59 Å². The molecule has 2 saturated carbocycles. The highest BCUT2D eigenvalue weighted by molar-refractivity contribution is 5.92. The minimum atomic E-state index is -0.618. The van der Waals surface area contributed by atoms with Crippen molar-refractivity contribution in [1.82, 2.24) is 5.32 Å². The zero-order valence-corrected chi connectivity index (χ0v) is 9.50. The fourth-order valence-corrected chi connectivity index (χ4v) is 2.29. The fourth-order valence-electron chi connectivity index (χ4n) is 2.29. The topological polar surface area (TPSA) is 70.9 Å². The van der Waals surface area contributed by atoms with Crippen molar-refractivity contribution in [2.24, 2.45) is 22.1 Å². The first-order valence-corrected chi connectivity index (χ1v) is 6.17. The van der Waals surface area contributed by atoms with Crippen molar-refractivity contribution in [3.05, 3.63) is 12.2 Å². The quantitative estimate of drug-likeness (QED) is 0.792. The van der Waals surface area contributed by atoms with Gasteiger partial charge in [0.1, 0.15) is 0 Å². The van der Waals surface area contributed by atoms with E-state index in [1.807, 2.05) is 0 Å². The summed E-state index contributed by atoms with van der Waals surface area (Å²) in [6.07, 6.45) is 7.72. The van der Waals surface area contributed by atoms with Crippen LogP contribution in [0.2, 0.25) is 0 Å². The Morgan fingerprint density at radius 3 is 2.41 bits per heavy atom. The average molecular weight is 233 g/mol. The Bertz CT molecular complexity index is 380. The van der Waals surface area contributed by atoms with Crippen molar-refractivity contribution in [2.75, 3.05) is 0 Å². The maximum Gasteiger partial charge on any atom is 0.287 e. The third-order valence-electron chi connectivity index (χ3n) is 3.54. The zero-order chi connectivity index (χ0) is 11.8. The van der Waals surface area contributed by atoms with Crippen LogP contribution < -0.4 is 5.32 Å². The molecule has 5 heteroatoms. The molecule has 2 amide bonds. The van der Waals surface area contributed by atoms with Gasteiger partial charge in [0.25, 0.3) is 11.8 Å². The lowest BCUT2D eigenvalue weighted by Crippen LogP contribution is -2.42. The molecule has 0 bridgehead atoms. The van der Waals surface area contributed by atoms with E-state index in [4.69, 9.17) is 0 Å². The maximum absolute atomic E-state index is 12.0. The molecule has 17 heavy (non-hydrogen) atoms. The van der Waals surface area contributed by atoms with E-state index in [2.05, 4.69) is 15.5 Å². The van der Waals surface area contributed by atoms with Gasteiger partial charge in [0.05, 0.1) is 0 Å². The van der Waals surface area contributed by atoms with Crippen LogP contribution in [0, 0.1) is 11.8 Å². The van der Waals surface area contributed by atoms with Crippen LogP contribution in [0.1, 0.15) is 25.7 Å². The molecule has 2 fully saturated rings. The highest BCUT2D eigenvalue weighted by Gasteiger charge is 2.42. The minimum Gasteiger partial charge on any atom is -0.351 e. The monoisotopic (exact) mass is 233 g/mol. The van der Waals surface area contributed by atoms with Gasteiger partial charge in [-0.05, 0) is 43.6 Å². The number of amides is 2. The van der Waals surface area contributed by atoms with E-state index < -0.39 is 11.9 Å². The molecule has 0 radical (unpaired) electrons. The van der Waals surface area contributed by atoms with Gasteiger partial charge in [-0.3, -0.25) is 9.59 Å². The second kappa shape index (κ2) is 4.05. The zero-order valence-electron chi connectivity index (χ0n) is 9.50. The molecule has 0 saturated heterocycles. The molecule has 1 heterocycles. The SMILES string of the molecule is O=C1C=CC(C(=O)NC(C2CC2)C2CC2)N=N1. The Labute approximate surface area is 99.4 Å². The molecule has 1 aliphatic heterocycles. The van der Waals surface area contributed by atoms with Crippen LogP contribution in [-0.2, 0) is 9.59 Å². The van der Waals surface area contributed by atoms with E-state index in [1.54, 1.807) is 0 Å². The van der Waals surface area contributed by atoms with Gasteiger partial charge < -0.3 is 5.32 Å². The molecule has 1 unspecified atom stereocenters. The van der Waals surface area contributed by atoms with Crippen molar-refractivity contribution in [3.63, 3.8) is 0 Å². The molecule has 3 rings (SSSR count).